The highest BCUT2D eigenvalue weighted by atomic mass is 19.4. The summed E-state index contributed by atoms with van der Waals surface area (Å²) in [6, 6.07) is 12.6. The molecule has 1 N–H and O–H groups in total. The second-order valence-corrected chi connectivity index (χ2v) is 8.38. The zero-order valence-electron chi connectivity index (χ0n) is 19.5. The molecule has 8 nitrogen and oxygen atoms in total. The molecule has 0 spiro atoms. The predicted molar refractivity (Wildman–Crippen MR) is 125 cm³/mol. The van der Waals surface area contributed by atoms with Crippen molar-refractivity contribution in [2.75, 3.05) is 17.3 Å². The van der Waals surface area contributed by atoms with E-state index in [0.29, 0.717) is 29.2 Å². The van der Waals surface area contributed by atoms with Gasteiger partial charge < -0.3 is 15.0 Å². The van der Waals surface area contributed by atoms with E-state index in [2.05, 4.69) is 10.4 Å². The molecule has 11 heteroatoms. The minimum atomic E-state index is -4.24. The van der Waals surface area contributed by atoms with Gasteiger partial charge in [-0.25, -0.2) is 0 Å². The van der Waals surface area contributed by atoms with Gasteiger partial charge in [-0.05, 0) is 49.2 Å². The maximum atomic E-state index is 13.5. The lowest BCUT2D eigenvalue weighted by atomic mass is 10.1. The average Bonchev–Trinajstić information content (AvgIpc) is 3.27. The lowest BCUT2D eigenvalue weighted by Gasteiger charge is -2.34. The first-order valence-electron chi connectivity index (χ1n) is 11.1. The van der Waals surface area contributed by atoms with Crippen LogP contribution in [0.25, 0.3) is 0 Å². The van der Waals surface area contributed by atoms with E-state index in [4.69, 9.17) is 4.74 Å². The normalized spacial score (nSPS) is 15.3. The first kappa shape index (κ1) is 24.8. The van der Waals surface area contributed by atoms with Gasteiger partial charge in [-0.2, -0.15) is 23.5 Å². The van der Waals surface area contributed by atoms with Crippen LogP contribution in [0.1, 0.15) is 45.3 Å². The van der Waals surface area contributed by atoms with Crippen LogP contribution in [0.15, 0.2) is 48.7 Å². The summed E-state index contributed by atoms with van der Waals surface area (Å²) in [6.45, 7) is 2.14. The quantitative estimate of drug-likeness (QED) is 0.538. The molecule has 0 radical (unpaired) electrons. The molecule has 0 saturated carbocycles. The topological polar surface area (TPSA) is 100 Å². The molecule has 186 valence electrons. The number of amides is 2. The molecule has 2 heterocycles. The van der Waals surface area contributed by atoms with E-state index >= 15 is 0 Å². The molecule has 0 bridgehead atoms. The van der Waals surface area contributed by atoms with Crippen LogP contribution in [-0.4, -0.2) is 40.9 Å². The number of fused-ring (bicyclic) bond motifs is 1. The summed E-state index contributed by atoms with van der Waals surface area (Å²) in [5, 5.41) is 16.2. The van der Waals surface area contributed by atoms with Crippen LogP contribution in [0, 0.1) is 11.3 Å². The Hall–Kier alpha value is -4.33. The van der Waals surface area contributed by atoms with E-state index in [9.17, 15) is 28.0 Å². The first-order chi connectivity index (χ1) is 17.1. The Morgan fingerprint density at radius 2 is 1.97 bits per heavy atom. The Morgan fingerprint density at radius 1 is 1.25 bits per heavy atom. The van der Waals surface area contributed by atoms with Crippen molar-refractivity contribution in [3.05, 3.63) is 71.0 Å². The Balaban J connectivity index is 1.56. The van der Waals surface area contributed by atoms with E-state index in [-0.39, 0.29) is 29.3 Å². The molecule has 0 saturated heterocycles. The smallest absolute Gasteiger partial charge is 0.389 e. The van der Waals surface area contributed by atoms with Crippen molar-refractivity contribution in [2.45, 2.75) is 38.5 Å². The SMILES string of the molecule is COc1ccc(NC(=O)c2cnn3c2C(=O)N(c2ccc(CCC(F)(F)F)cc2)[C@@H](C)C3)cc1C#N. The molecule has 2 amide bonds. The van der Waals surface area contributed by atoms with Gasteiger partial charge in [0, 0.05) is 17.8 Å². The summed E-state index contributed by atoms with van der Waals surface area (Å²) in [6.07, 6.45) is -4.00. The summed E-state index contributed by atoms with van der Waals surface area (Å²) in [5.41, 5.74) is 1.77. The van der Waals surface area contributed by atoms with Crippen molar-refractivity contribution in [1.82, 2.24) is 9.78 Å². The highest BCUT2D eigenvalue weighted by molar-refractivity contribution is 6.15. The monoisotopic (exact) mass is 497 g/mol. The van der Waals surface area contributed by atoms with Gasteiger partial charge in [-0.3, -0.25) is 14.3 Å². The Morgan fingerprint density at radius 3 is 2.61 bits per heavy atom. The third-order valence-corrected chi connectivity index (χ3v) is 5.87. The molecule has 1 aliphatic rings. The zero-order chi connectivity index (χ0) is 26.0. The van der Waals surface area contributed by atoms with Crippen molar-refractivity contribution in [3.8, 4) is 11.8 Å². The average molecular weight is 497 g/mol. The van der Waals surface area contributed by atoms with Gasteiger partial charge in [0.1, 0.15) is 17.5 Å². The van der Waals surface area contributed by atoms with Crippen LogP contribution >= 0.6 is 0 Å². The molecule has 36 heavy (non-hydrogen) atoms. The summed E-state index contributed by atoms with van der Waals surface area (Å²) in [4.78, 5) is 28.0. The van der Waals surface area contributed by atoms with Gasteiger partial charge in [0.15, 0.2) is 0 Å². The number of nitrogens with zero attached hydrogens (tertiary/aromatic N) is 4. The van der Waals surface area contributed by atoms with Crippen LogP contribution in [-0.2, 0) is 13.0 Å². The van der Waals surface area contributed by atoms with Crippen LogP contribution in [0.2, 0.25) is 0 Å². The molecule has 0 unspecified atom stereocenters. The summed E-state index contributed by atoms with van der Waals surface area (Å²) in [5.74, 6) is -0.662. The molecular formula is C25H22F3N5O3. The van der Waals surface area contributed by atoms with Gasteiger partial charge in [0.05, 0.1) is 37.0 Å². The van der Waals surface area contributed by atoms with Gasteiger partial charge in [-0.1, -0.05) is 12.1 Å². The number of methoxy groups -OCH3 is 1. The second kappa shape index (κ2) is 9.73. The van der Waals surface area contributed by atoms with Crippen molar-refractivity contribution in [1.29, 1.82) is 5.26 Å². The molecule has 4 rings (SSSR count). The van der Waals surface area contributed by atoms with Crippen molar-refractivity contribution in [2.24, 2.45) is 0 Å². The second-order valence-electron chi connectivity index (χ2n) is 8.38. The number of alkyl halides is 3. The number of hydrogen-bond donors (Lipinski definition) is 1. The molecule has 1 atom stereocenters. The molecular weight excluding hydrogens is 475 g/mol. The summed E-state index contributed by atoms with van der Waals surface area (Å²) < 4.78 is 44.1. The van der Waals surface area contributed by atoms with Crippen molar-refractivity contribution >= 4 is 23.2 Å². The lowest BCUT2D eigenvalue weighted by molar-refractivity contribution is -0.134. The number of rotatable bonds is 6. The van der Waals surface area contributed by atoms with E-state index in [1.54, 1.807) is 36.4 Å². The molecule has 2 aromatic carbocycles. The van der Waals surface area contributed by atoms with Gasteiger partial charge >= 0.3 is 6.18 Å². The van der Waals surface area contributed by atoms with E-state index in [1.807, 2.05) is 13.0 Å². The highest BCUT2D eigenvalue weighted by Crippen LogP contribution is 2.29. The lowest BCUT2D eigenvalue weighted by Crippen LogP contribution is -2.47. The maximum Gasteiger partial charge on any atom is 0.389 e. The minimum Gasteiger partial charge on any atom is -0.495 e. The van der Waals surface area contributed by atoms with E-state index in [0.717, 1.165) is 0 Å². The number of carbonyl (C=O) groups excluding carboxylic acids is 2. The number of nitrogens with one attached hydrogen (secondary N) is 1. The number of halogens is 3. The standard InChI is InChI=1S/C25H22F3N5O3/c1-15-14-32-22(24(35)33(15)19-6-3-16(4-7-19)9-10-25(26,27)28)20(13-30-32)23(34)31-18-5-8-21(36-2)17(11-18)12-29/h3-8,11,13,15H,9-10,14H2,1-2H3,(H,31,34)/t15-/m0/s1. The van der Waals surface area contributed by atoms with Crippen LogP contribution in [0.5, 0.6) is 5.75 Å². The van der Waals surface area contributed by atoms with Gasteiger partial charge in [0.2, 0.25) is 0 Å². The number of aryl methyl sites for hydroxylation is 1. The number of hydrogen-bond acceptors (Lipinski definition) is 5. The molecule has 0 fully saturated rings. The number of benzene rings is 2. The fraction of sp³-hybridized carbons (Fsp3) is 0.280. The van der Waals surface area contributed by atoms with Gasteiger partial charge in [0.25, 0.3) is 11.8 Å². The molecule has 0 aliphatic carbocycles. The van der Waals surface area contributed by atoms with Crippen LogP contribution in [0.3, 0.4) is 0 Å². The molecule has 1 aromatic heterocycles. The van der Waals surface area contributed by atoms with Gasteiger partial charge in [-0.15, -0.1) is 0 Å². The summed E-state index contributed by atoms with van der Waals surface area (Å²) in [7, 11) is 1.43. The van der Waals surface area contributed by atoms with E-state index < -0.39 is 24.4 Å². The van der Waals surface area contributed by atoms with Crippen LogP contribution in [0.4, 0.5) is 24.5 Å². The Labute approximate surface area is 204 Å². The van der Waals surface area contributed by atoms with Crippen molar-refractivity contribution < 1.29 is 27.5 Å². The Bertz CT molecular complexity index is 1340. The highest BCUT2D eigenvalue weighted by Gasteiger charge is 2.36. The fourth-order valence-corrected chi connectivity index (χ4v) is 4.11. The molecule has 1 aliphatic heterocycles. The largest absolute Gasteiger partial charge is 0.495 e. The zero-order valence-corrected chi connectivity index (χ0v) is 19.5. The predicted octanol–water partition coefficient (Wildman–Crippen LogP) is 4.56. The Kier molecular flexibility index (Phi) is 6.70. The third-order valence-electron chi connectivity index (χ3n) is 5.87. The fourth-order valence-electron chi connectivity index (χ4n) is 4.11. The van der Waals surface area contributed by atoms with E-state index in [1.165, 1.54) is 29.0 Å². The first-order valence-corrected chi connectivity index (χ1v) is 11.1. The number of anilines is 2. The minimum absolute atomic E-state index is 0.0630. The number of aromatic nitrogens is 2. The number of nitriles is 1. The number of carbonyl (C=O) groups is 2. The van der Waals surface area contributed by atoms with Crippen molar-refractivity contribution in [3.63, 3.8) is 0 Å². The third kappa shape index (κ3) is 5.02. The summed E-state index contributed by atoms with van der Waals surface area (Å²) >= 11 is 0. The maximum absolute atomic E-state index is 13.5. The van der Waals surface area contributed by atoms with Crippen LogP contribution < -0.4 is 15.0 Å². The number of ether oxygens (including phenoxy) is 1. The molecule has 3 aromatic rings.